The number of hydrogen-bond donors (Lipinski definition) is 2. The van der Waals surface area contributed by atoms with Gasteiger partial charge in [-0.1, -0.05) is 39.0 Å². The number of likely N-dealkylation sites (tertiary alicyclic amines) is 2. The molecule has 4 aliphatic heterocycles. The number of rotatable bonds is 9. The van der Waals surface area contributed by atoms with Crippen LogP contribution in [0.3, 0.4) is 0 Å². The fraction of sp³-hybridized carbons (Fsp3) is 0.949. The van der Waals surface area contributed by atoms with Gasteiger partial charge < -0.3 is 10.6 Å². The van der Waals surface area contributed by atoms with Gasteiger partial charge in [0.15, 0.2) is 0 Å². The van der Waals surface area contributed by atoms with E-state index >= 15 is 4.79 Å². The molecule has 2 N–H and O–H groups in total. The molecule has 0 saturated carbocycles. The second-order valence-electron chi connectivity index (χ2n) is 19.4. The molecule has 0 aromatic rings. The minimum Gasteiger partial charge on any atom is -0.322 e. The minimum atomic E-state index is -1.01. The van der Waals surface area contributed by atoms with E-state index in [4.69, 9.17) is 0 Å². The Bertz CT molecular complexity index is 1080. The van der Waals surface area contributed by atoms with E-state index in [0.29, 0.717) is 6.54 Å². The SMILES string of the molecule is CCCCCCCCN1C(=O)NC2(C1=O)C(C1CCC(C)(C)N(C)C1(C)C)C(C)(C)NC(C)(C)C2C1CCC(C)(C)N(C)C1(C)C. The Morgan fingerprint density at radius 3 is 1.50 bits per heavy atom. The van der Waals surface area contributed by atoms with E-state index in [-0.39, 0.29) is 57.8 Å². The van der Waals surface area contributed by atoms with Crippen molar-refractivity contribution in [3.05, 3.63) is 0 Å². The second kappa shape index (κ2) is 12.3. The number of unbranched alkanes of at least 4 members (excludes halogenated alkanes) is 5. The summed E-state index contributed by atoms with van der Waals surface area (Å²) in [6.45, 7) is 30.9. The van der Waals surface area contributed by atoms with Gasteiger partial charge in [0.1, 0.15) is 5.54 Å². The fourth-order valence-corrected chi connectivity index (χ4v) is 11.5. The van der Waals surface area contributed by atoms with Crippen molar-refractivity contribution in [2.45, 2.75) is 193 Å². The first-order valence-electron chi connectivity index (χ1n) is 18.8. The quantitative estimate of drug-likeness (QED) is 0.198. The molecule has 4 unspecified atom stereocenters. The van der Waals surface area contributed by atoms with Gasteiger partial charge in [-0.05, 0) is 141 Å². The van der Waals surface area contributed by atoms with E-state index in [2.05, 4.69) is 125 Å². The Hall–Kier alpha value is -1.18. The predicted molar refractivity (Wildman–Crippen MR) is 192 cm³/mol. The number of carbonyl (C=O) groups is 2. The number of piperidine rings is 3. The standard InChI is InChI=1S/C39H73N5O2/c1-16-17-18-19-20-21-26-44-31(45)39(40-32(44)46)29(27-22-24-33(2,3)42(14)37(27,10)11)35(6,7)41-36(8,9)30(39)28-23-25-34(4,5)43(15)38(28,12)13/h27-30,41H,16-26H2,1-15H3,(H,40,46). The lowest BCUT2D eigenvalue weighted by Crippen LogP contribution is -2.84. The third kappa shape index (κ3) is 5.99. The lowest BCUT2D eigenvalue weighted by molar-refractivity contribution is -0.179. The van der Waals surface area contributed by atoms with Crippen LogP contribution in [0.5, 0.6) is 0 Å². The van der Waals surface area contributed by atoms with Crippen LogP contribution in [-0.4, -0.2) is 86.1 Å². The van der Waals surface area contributed by atoms with Crippen LogP contribution in [-0.2, 0) is 4.79 Å². The van der Waals surface area contributed by atoms with E-state index in [9.17, 15) is 4.79 Å². The van der Waals surface area contributed by atoms with Crippen LogP contribution in [0.25, 0.3) is 0 Å². The maximum atomic E-state index is 15.6. The maximum Gasteiger partial charge on any atom is 0.325 e. The molecule has 0 aromatic heterocycles. The zero-order valence-electron chi connectivity index (χ0n) is 32.7. The molecule has 1 spiro atoms. The van der Waals surface area contributed by atoms with Crippen molar-refractivity contribution in [1.29, 1.82) is 0 Å². The molecule has 0 aliphatic carbocycles. The molecule has 4 aliphatic rings. The Morgan fingerprint density at radius 2 is 1.07 bits per heavy atom. The molecule has 7 nitrogen and oxygen atoms in total. The predicted octanol–water partition coefficient (Wildman–Crippen LogP) is 7.83. The highest BCUT2D eigenvalue weighted by Gasteiger charge is 2.74. The van der Waals surface area contributed by atoms with E-state index in [0.717, 1.165) is 44.9 Å². The van der Waals surface area contributed by atoms with Gasteiger partial charge >= 0.3 is 6.03 Å². The monoisotopic (exact) mass is 644 g/mol. The first kappa shape index (κ1) is 37.6. The van der Waals surface area contributed by atoms with Crippen LogP contribution >= 0.6 is 0 Å². The van der Waals surface area contributed by atoms with Gasteiger partial charge in [-0.25, -0.2) is 4.79 Å². The van der Waals surface area contributed by atoms with Crippen LogP contribution in [0.15, 0.2) is 0 Å². The zero-order chi connectivity index (χ0) is 34.9. The van der Waals surface area contributed by atoms with Crippen molar-refractivity contribution in [2.75, 3.05) is 20.6 Å². The van der Waals surface area contributed by atoms with E-state index < -0.39 is 16.6 Å². The van der Waals surface area contributed by atoms with Gasteiger partial charge in [0, 0.05) is 51.6 Å². The molecule has 4 saturated heterocycles. The number of urea groups is 1. The smallest absolute Gasteiger partial charge is 0.322 e. The zero-order valence-corrected chi connectivity index (χ0v) is 32.7. The Labute approximate surface area is 283 Å². The van der Waals surface area contributed by atoms with Gasteiger partial charge in [-0.3, -0.25) is 19.5 Å². The molecule has 4 rings (SSSR count). The highest BCUT2D eigenvalue weighted by Crippen LogP contribution is 2.61. The molecular formula is C39H73N5O2. The molecule has 3 amide bonds. The van der Waals surface area contributed by atoms with E-state index in [1.807, 2.05) is 0 Å². The summed E-state index contributed by atoms with van der Waals surface area (Å²) in [5.41, 5.74) is -2.03. The van der Waals surface area contributed by atoms with Crippen LogP contribution in [0.2, 0.25) is 0 Å². The molecule has 7 heteroatoms. The summed E-state index contributed by atoms with van der Waals surface area (Å²) >= 11 is 0. The first-order valence-corrected chi connectivity index (χ1v) is 18.8. The van der Waals surface area contributed by atoms with E-state index in [1.165, 1.54) is 19.3 Å². The van der Waals surface area contributed by atoms with Crippen LogP contribution < -0.4 is 10.6 Å². The first-order chi connectivity index (χ1) is 20.9. The van der Waals surface area contributed by atoms with Crippen molar-refractivity contribution in [2.24, 2.45) is 23.7 Å². The van der Waals surface area contributed by atoms with E-state index in [1.54, 1.807) is 4.90 Å². The molecule has 4 fully saturated rings. The topological polar surface area (TPSA) is 67.9 Å². The highest BCUT2D eigenvalue weighted by molar-refractivity contribution is 6.08. The highest BCUT2D eigenvalue weighted by atomic mass is 16.2. The van der Waals surface area contributed by atoms with Gasteiger partial charge in [0.05, 0.1) is 0 Å². The summed E-state index contributed by atoms with van der Waals surface area (Å²) in [7, 11) is 4.54. The largest absolute Gasteiger partial charge is 0.325 e. The van der Waals surface area contributed by atoms with Crippen molar-refractivity contribution >= 4 is 11.9 Å². The number of nitrogens with one attached hydrogen (secondary N) is 2. The summed E-state index contributed by atoms with van der Waals surface area (Å²) in [4.78, 5) is 36.6. The van der Waals surface area contributed by atoms with Crippen LogP contribution in [0.4, 0.5) is 4.79 Å². The third-order valence-electron chi connectivity index (χ3n) is 14.4. The van der Waals surface area contributed by atoms with Crippen molar-refractivity contribution in [1.82, 2.24) is 25.3 Å². The number of hydrogen-bond acceptors (Lipinski definition) is 5. The van der Waals surface area contributed by atoms with Crippen LogP contribution in [0, 0.1) is 23.7 Å². The average molecular weight is 644 g/mol. The lowest BCUT2D eigenvalue weighted by Gasteiger charge is -2.69. The summed E-state index contributed by atoms with van der Waals surface area (Å²) in [5, 5.41) is 7.83. The number of nitrogens with zero attached hydrogens (tertiary/aromatic N) is 3. The van der Waals surface area contributed by atoms with Gasteiger partial charge in [0.25, 0.3) is 5.91 Å². The maximum absolute atomic E-state index is 15.6. The minimum absolute atomic E-state index is 0.0373. The average Bonchev–Trinajstić information content (AvgIpc) is 3.15. The van der Waals surface area contributed by atoms with Crippen LogP contribution in [0.1, 0.15) is 154 Å². The molecule has 0 bridgehead atoms. The molecule has 4 atom stereocenters. The number of imide groups is 1. The Balaban J connectivity index is 1.90. The molecule has 0 radical (unpaired) electrons. The van der Waals surface area contributed by atoms with Crippen molar-refractivity contribution in [3.8, 4) is 0 Å². The van der Waals surface area contributed by atoms with Gasteiger partial charge in [-0.15, -0.1) is 0 Å². The lowest BCUT2D eigenvalue weighted by atomic mass is 9.45. The van der Waals surface area contributed by atoms with Crippen molar-refractivity contribution in [3.63, 3.8) is 0 Å². The molecule has 0 aromatic carbocycles. The summed E-state index contributed by atoms with van der Waals surface area (Å²) < 4.78 is 0. The summed E-state index contributed by atoms with van der Waals surface area (Å²) in [6, 6.07) is -0.174. The molecule has 266 valence electrons. The number of carbonyl (C=O) groups excluding carboxylic acids is 2. The molecule has 4 heterocycles. The number of amides is 3. The fourth-order valence-electron chi connectivity index (χ4n) is 11.5. The van der Waals surface area contributed by atoms with Gasteiger partial charge in [0.2, 0.25) is 0 Å². The second-order valence-corrected chi connectivity index (χ2v) is 19.4. The normalized spacial score (nSPS) is 36.6. The molecular weight excluding hydrogens is 570 g/mol. The Kier molecular flexibility index (Phi) is 10.1. The summed E-state index contributed by atoms with van der Waals surface area (Å²) in [5.74, 6) is 0.258. The van der Waals surface area contributed by atoms with Gasteiger partial charge in [-0.2, -0.15) is 0 Å². The molecule has 46 heavy (non-hydrogen) atoms. The third-order valence-corrected chi connectivity index (χ3v) is 14.4. The van der Waals surface area contributed by atoms with Crippen molar-refractivity contribution < 1.29 is 9.59 Å². The summed E-state index contributed by atoms with van der Waals surface area (Å²) in [6.07, 6.45) is 10.9. The Morgan fingerprint density at radius 1 is 0.652 bits per heavy atom.